The van der Waals surface area contributed by atoms with Crippen molar-refractivity contribution in [2.45, 2.75) is 59.2 Å². The van der Waals surface area contributed by atoms with Gasteiger partial charge in [-0.25, -0.2) is 4.39 Å². The van der Waals surface area contributed by atoms with Crippen LogP contribution in [-0.4, -0.2) is 39.3 Å². The van der Waals surface area contributed by atoms with E-state index in [9.17, 15) is 18.3 Å². The molecule has 0 aliphatic carbocycles. The molecule has 0 bridgehead atoms. The zero-order chi connectivity index (χ0) is 28.0. The van der Waals surface area contributed by atoms with Crippen molar-refractivity contribution in [3.8, 4) is 22.6 Å². The summed E-state index contributed by atoms with van der Waals surface area (Å²) in [5.74, 6) is 1.28. The zero-order valence-electron chi connectivity index (χ0n) is 22.7. The maximum Gasteiger partial charge on any atom is 0.306 e. The van der Waals surface area contributed by atoms with E-state index < -0.39 is 16.4 Å². The highest BCUT2D eigenvalue weighted by molar-refractivity contribution is 8.24. The van der Waals surface area contributed by atoms with Crippen molar-refractivity contribution < 1.29 is 32.5 Å². The third kappa shape index (κ3) is 7.97. The summed E-state index contributed by atoms with van der Waals surface area (Å²) in [5.41, 5.74) is 5.77. The van der Waals surface area contributed by atoms with Crippen LogP contribution in [0.3, 0.4) is 0 Å². The van der Waals surface area contributed by atoms with Gasteiger partial charge in [0.1, 0.15) is 30.0 Å². The standard InChI is InChI=1S/C31H37FO6S/c1-4-36-30(33)11-9-24-8-10-27(19-29(24)32)37-20-23-6-5-7-25(18-23)31-21(2)16-28(17-22(31)3)38-26-12-14-39(34,35)15-13-26/h5-8,10,16-19,26,34-35H,4,9,11-15,20H2,1-3H3. The third-order valence-electron chi connectivity index (χ3n) is 6.89. The first-order valence-electron chi connectivity index (χ1n) is 13.3. The largest absolute Gasteiger partial charge is 0.490 e. The first kappa shape index (κ1) is 28.9. The molecule has 0 aromatic heterocycles. The molecule has 3 aromatic carbocycles. The Balaban J connectivity index is 1.39. The minimum Gasteiger partial charge on any atom is -0.490 e. The second kappa shape index (κ2) is 12.9. The molecule has 0 unspecified atom stereocenters. The molecule has 0 spiro atoms. The third-order valence-corrected chi connectivity index (χ3v) is 8.67. The molecule has 0 radical (unpaired) electrons. The van der Waals surface area contributed by atoms with Crippen LogP contribution in [0.4, 0.5) is 4.39 Å². The van der Waals surface area contributed by atoms with E-state index >= 15 is 0 Å². The number of aryl methyl sites for hydroxylation is 3. The number of esters is 1. The van der Waals surface area contributed by atoms with Gasteiger partial charge in [-0.1, -0.05) is 24.3 Å². The number of hydrogen-bond donors (Lipinski definition) is 2. The quantitative estimate of drug-likeness (QED) is 0.252. The fourth-order valence-electron chi connectivity index (χ4n) is 4.92. The normalized spacial score (nSPS) is 15.9. The molecule has 39 heavy (non-hydrogen) atoms. The van der Waals surface area contributed by atoms with Crippen LogP contribution in [0.2, 0.25) is 0 Å². The van der Waals surface area contributed by atoms with Gasteiger partial charge in [-0.3, -0.25) is 13.9 Å². The van der Waals surface area contributed by atoms with Crippen molar-refractivity contribution >= 4 is 16.6 Å². The van der Waals surface area contributed by atoms with E-state index in [2.05, 4.69) is 26.0 Å². The maximum absolute atomic E-state index is 14.5. The van der Waals surface area contributed by atoms with E-state index in [0.29, 0.717) is 42.3 Å². The predicted molar refractivity (Wildman–Crippen MR) is 153 cm³/mol. The van der Waals surface area contributed by atoms with Crippen LogP contribution in [-0.2, 0) is 22.6 Å². The van der Waals surface area contributed by atoms with Crippen LogP contribution in [0.25, 0.3) is 11.1 Å². The van der Waals surface area contributed by atoms with E-state index in [1.54, 1.807) is 19.1 Å². The average Bonchev–Trinajstić information content (AvgIpc) is 2.88. The van der Waals surface area contributed by atoms with Crippen molar-refractivity contribution in [3.05, 3.63) is 82.7 Å². The fourth-order valence-corrected chi connectivity index (χ4v) is 6.40. The molecule has 2 N–H and O–H groups in total. The molecule has 1 saturated heterocycles. The number of benzene rings is 3. The van der Waals surface area contributed by atoms with Gasteiger partial charge in [0.15, 0.2) is 0 Å². The summed E-state index contributed by atoms with van der Waals surface area (Å²) in [4.78, 5) is 11.6. The van der Waals surface area contributed by atoms with Gasteiger partial charge < -0.3 is 14.2 Å². The van der Waals surface area contributed by atoms with Gasteiger partial charge in [0.2, 0.25) is 0 Å². The summed E-state index contributed by atoms with van der Waals surface area (Å²) < 4.78 is 51.2. The van der Waals surface area contributed by atoms with Gasteiger partial charge in [0, 0.05) is 36.8 Å². The highest BCUT2D eigenvalue weighted by atomic mass is 32.3. The minimum atomic E-state index is -2.43. The molecule has 0 saturated carbocycles. The lowest BCUT2D eigenvalue weighted by Gasteiger charge is -2.39. The molecule has 1 aliphatic heterocycles. The Hall–Kier alpha value is -3.07. The molecular formula is C31H37FO6S. The van der Waals surface area contributed by atoms with Gasteiger partial charge in [-0.15, -0.1) is 0 Å². The van der Waals surface area contributed by atoms with Crippen LogP contribution >= 0.6 is 10.6 Å². The smallest absolute Gasteiger partial charge is 0.306 e. The fraction of sp³-hybridized carbons (Fsp3) is 0.387. The summed E-state index contributed by atoms with van der Waals surface area (Å²) in [5, 5.41) is 0. The summed E-state index contributed by atoms with van der Waals surface area (Å²) in [6.07, 6.45) is 1.70. The Morgan fingerprint density at radius 2 is 1.72 bits per heavy atom. The first-order chi connectivity index (χ1) is 18.6. The molecule has 1 fully saturated rings. The van der Waals surface area contributed by atoms with Crippen LogP contribution < -0.4 is 9.47 Å². The van der Waals surface area contributed by atoms with E-state index in [4.69, 9.17) is 14.2 Å². The molecule has 210 valence electrons. The maximum atomic E-state index is 14.5. The molecular weight excluding hydrogens is 519 g/mol. The van der Waals surface area contributed by atoms with E-state index in [1.807, 2.05) is 24.3 Å². The topological polar surface area (TPSA) is 85.2 Å². The van der Waals surface area contributed by atoms with E-state index in [-0.39, 0.29) is 31.5 Å². The van der Waals surface area contributed by atoms with Crippen molar-refractivity contribution in [1.29, 1.82) is 0 Å². The van der Waals surface area contributed by atoms with E-state index in [0.717, 1.165) is 33.6 Å². The van der Waals surface area contributed by atoms with Crippen molar-refractivity contribution in [2.24, 2.45) is 0 Å². The molecule has 0 atom stereocenters. The number of rotatable bonds is 10. The summed E-state index contributed by atoms with van der Waals surface area (Å²) in [7, 11) is -2.43. The molecule has 8 heteroatoms. The summed E-state index contributed by atoms with van der Waals surface area (Å²) in [6.45, 7) is 6.46. The molecule has 1 aliphatic rings. The second-order valence-corrected chi connectivity index (χ2v) is 12.4. The Bertz CT molecular complexity index is 1270. The van der Waals surface area contributed by atoms with Crippen molar-refractivity contribution in [2.75, 3.05) is 18.1 Å². The monoisotopic (exact) mass is 556 g/mol. The summed E-state index contributed by atoms with van der Waals surface area (Å²) in [6, 6.07) is 16.9. The Kier molecular flexibility index (Phi) is 9.53. The van der Waals surface area contributed by atoms with Gasteiger partial charge >= 0.3 is 5.97 Å². The first-order valence-corrected chi connectivity index (χ1v) is 15.2. The molecule has 0 amide bonds. The van der Waals surface area contributed by atoms with Gasteiger partial charge in [-0.2, -0.15) is 10.6 Å². The lowest BCUT2D eigenvalue weighted by atomic mass is 9.94. The molecule has 3 aromatic rings. The molecule has 6 nitrogen and oxygen atoms in total. The number of carbonyl (C=O) groups excluding carboxylic acids is 1. The van der Waals surface area contributed by atoms with Crippen molar-refractivity contribution in [3.63, 3.8) is 0 Å². The number of hydrogen-bond acceptors (Lipinski definition) is 6. The SMILES string of the molecule is CCOC(=O)CCc1ccc(OCc2cccc(-c3c(C)cc(OC4CCS(O)(O)CC4)cc3C)c2)cc1F. The van der Waals surface area contributed by atoms with Gasteiger partial charge in [-0.05, 0) is 84.8 Å². The lowest BCUT2D eigenvalue weighted by Crippen LogP contribution is -2.28. The zero-order valence-corrected chi connectivity index (χ0v) is 23.6. The Morgan fingerprint density at radius 1 is 1.00 bits per heavy atom. The minimum absolute atomic E-state index is 0.00785. The van der Waals surface area contributed by atoms with Crippen LogP contribution in [0.1, 0.15) is 48.4 Å². The number of carbonyl (C=O) groups is 1. The highest BCUT2D eigenvalue weighted by Crippen LogP contribution is 2.44. The summed E-state index contributed by atoms with van der Waals surface area (Å²) >= 11 is 0. The van der Waals surface area contributed by atoms with Gasteiger partial charge in [0.05, 0.1) is 6.61 Å². The van der Waals surface area contributed by atoms with Gasteiger partial charge in [0.25, 0.3) is 0 Å². The van der Waals surface area contributed by atoms with Crippen LogP contribution in [0, 0.1) is 19.7 Å². The second-order valence-electron chi connectivity index (χ2n) is 10.0. The average molecular weight is 557 g/mol. The predicted octanol–water partition coefficient (Wildman–Crippen LogP) is 7.48. The Labute approximate surface area is 231 Å². The van der Waals surface area contributed by atoms with E-state index in [1.165, 1.54) is 6.07 Å². The van der Waals surface area contributed by atoms with Crippen LogP contribution in [0.15, 0.2) is 54.6 Å². The van der Waals surface area contributed by atoms with Crippen LogP contribution in [0.5, 0.6) is 11.5 Å². The molecule has 1 heterocycles. The van der Waals surface area contributed by atoms with Crippen molar-refractivity contribution in [1.82, 2.24) is 0 Å². The number of halogens is 1. The molecule has 4 rings (SSSR count). The number of ether oxygens (including phenoxy) is 3. The lowest BCUT2D eigenvalue weighted by molar-refractivity contribution is -0.143. The highest BCUT2D eigenvalue weighted by Gasteiger charge is 2.25. The Morgan fingerprint density at radius 3 is 2.38 bits per heavy atom.